The molecular weight excluding hydrogens is 318 g/mol. The van der Waals surface area contributed by atoms with E-state index < -0.39 is 5.82 Å². The molecule has 0 unspecified atom stereocenters. The Hall–Kier alpha value is -0.840. The summed E-state index contributed by atoms with van der Waals surface area (Å²) in [7, 11) is 0. The molecule has 0 bridgehead atoms. The van der Waals surface area contributed by atoms with Crippen molar-refractivity contribution in [3.63, 3.8) is 0 Å². The van der Waals surface area contributed by atoms with Crippen LogP contribution < -0.4 is 5.73 Å². The highest BCUT2D eigenvalue weighted by Gasteiger charge is 2.23. The molecule has 0 aliphatic rings. The summed E-state index contributed by atoms with van der Waals surface area (Å²) >= 11 is 13.1. The molecular formula is C14H15Cl2FN2S. The van der Waals surface area contributed by atoms with Crippen LogP contribution in [0.3, 0.4) is 0 Å². The first kappa shape index (κ1) is 15.5. The summed E-state index contributed by atoms with van der Waals surface area (Å²) in [6.45, 7) is 6.24. The molecule has 0 spiro atoms. The van der Waals surface area contributed by atoms with E-state index >= 15 is 0 Å². The topological polar surface area (TPSA) is 38.9 Å². The van der Waals surface area contributed by atoms with Crippen molar-refractivity contribution in [3.05, 3.63) is 44.1 Å². The standard InChI is InChI=1S/C14H15Cl2FN2S/c1-14(2,3)12-10(20-13(18)19-12)6-7-4-8(15)11(17)9(16)5-7/h4-5H,6H2,1-3H3,(H2,18,19). The van der Waals surface area contributed by atoms with Crippen molar-refractivity contribution >= 4 is 39.7 Å². The fourth-order valence-electron chi connectivity index (χ4n) is 1.97. The minimum absolute atomic E-state index is 0.0299. The van der Waals surface area contributed by atoms with E-state index in [9.17, 15) is 4.39 Å². The van der Waals surface area contributed by atoms with Gasteiger partial charge in [0.1, 0.15) is 0 Å². The summed E-state index contributed by atoms with van der Waals surface area (Å²) in [4.78, 5) is 5.45. The molecule has 0 aliphatic carbocycles. The smallest absolute Gasteiger partial charge is 0.180 e. The SMILES string of the molecule is CC(C)(C)c1nc(N)sc1Cc1cc(Cl)c(F)c(Cl)c1. The molecule has 108 valence electrons. The van der Waals surface area contributed by atoms with Crippen molar-refractivity contribution in [3.8, 4) is 0 Å². The molecule has 0 atom stereocenters. The second kappa shape index (κ2) is 5.51. The zero-order chi connectivity index (χ0) is 15.1. The van der Waals surface area contributed by atoms with Gasteiger partial charge in [-0.3, -0.25) is 0 Å². The van der Waals surface area contributed by atoms with Crippen molar-refractivity contribution in [2.24, 2.45) is 0 Å². The van der Waals surface area contributed by atoms with Crippen molar-refractivity contribution in [1.29, 1.82) is 0 Å². The number of halogens is 3. The van der Waals surface area contributed by atoms with Gasteiger partial charge < -0.3 is 5.73 Å². The van der Waals surface area contributed by atoms with Gasteiger partial charge in [0.05, 0.1) is 15.7 Å². The monoisotopic (exact) mass is 332 g/mol. The summed E-state index contributed by atoms with van der Waals surface area (Å²) in [6.07, 6.45) is 0.585. The van der Waals surface area contributed by atoms with Crippen LogP contribution in [0.5, 0.6) is 0 Å². The van der Waals surface area contributed by atoms with Crippen molar-refractivity contribution in [2.45, 2.75) is 32.6 Å². The Morgan fingerprint density at radius 2 is 1.80 bits per heavy atom. The number of nitrogens with zero attached hydrogens (tertiary/aromatic N) is 1. The molecule has 2 rings (SSSR count). The molecule has 0 fully saturated rings. The highest BCUT2D eigenvalue weighted by molar-refractivity contribution is 7.15. The maximum absolute atomic E-state index is 13.4. The Balaban J connectivity index is 2.40. The van der Waals surface area contributed by atoms with Gasteiger partial charge in [-0.15, -0.1) is 11.3 Å². The van der Waals surface area contributed by atoms with Crippen LogP contribution in [-0.2, 0) is 11.8 Å². The van der Waals surface area contributed by atoms with E-state index in [0.717, 1.165) is 16.1 Å². The lowest BCUT2D eigenvalue weighted by molar-refractivity contribution is 0.568. The Kier molecular flexibility index (Phi) is 4.28. The van der Waals surface area contributed by atoms with Gasteiger partial charge in [0.25, 0.3) is 0 Å². The summed E-state index contributed by atoms with van der Waals surface area (Å²) in [6, 6.07) is 3.18. The molecule has 0 aliphatic heterocycles. The lowest BCUT2D eigenvalue weighted by Gasteiger charge is -2.17. The van der Waals surface area contributed by atoms with Gasteiger partial charge in [0.15, 0.2) is 10.9 Å². The molecule has 0 amide bonds. The van der Waals surface area contributed by atoms with E-state index in [1.807, 2.05) is 0 Å². The molecule has 0 saturated carbocycles. The van der Waals surface area contributed by atoms with E-state index in [1.54, 1.807) is 12.1 Å². The zero-order valence-corrected chi connectivity index (χ0v) is 13.8. The number of aromatic nitrogens is 1. The van der Waals surface area contributed by atoms with Crippen LogP contribution in [0.4, 0.5) is 9.52 Å². The molecule has 2 N–H and O–H groups in total. The molecule has 6 heteroatoms. The zero-order valence-electron chi connectivity index (χ0n) is 11.4. The summed E-state index contributed by atoms with van der Waals surface area (Å²) in [5.74, 6) is -0.586. The Labute approximate surface area is 131 Å². The third-order valence-electron chi connectivity index (χ3n) is 2.83. The molecule has 1 aromatic heterocycles. The van der Waals surface area contributed by atoms with Crippen LogP contribution in [0, 0.1) is 5.82 Å². The normalized spacial score (nSPS) is 11.9. The van der Waals surface area contributed by atoms with Gasteiger partial charge in [0.2, 0.25) is 0 Å². The van der Waals surface area contributed by atoms with Gasteiger partial charge in [-0.05, 0) is 17.7 Å². The average molecular weight is 333 g/mol. The molecule has 1 aromatic carbocycles. The largest absolute Gasteiger partial charge is 0.375 e. The second-order valence-corrected chi connectivity index (χ2v) is 7.55. The third kappa shape index (κ3) is 3.25. The maximum Gasteiger partial charge on any atom is 0.180 e. The molecule has 0 saturated heterocycles. The first-order chi connectivity index (χ1) is 9.18. The van der Waals surface area contributed by atoms with E-state index in [2.05, 4.69) is 25.8 Å². The number of thiazole rings is 1. The molecule has 1 heterocycles. The fraction of sp³-hybridized carbons (Fsp3) is 0.357. The number of nitrogen functional groups attached to an aromatic ring is 1. The number of benzene rings is 1. The van der Waals surface area contributed by atoms with Gasteiger partial charge in [-0.25, -0.2) is 9.37 Å². The first-order valence-electron chi connectivity index (χ1n) is 6.07. The van der Waals surface area contributed by atoms with E-state index in [1.165, 1.54) is 11.3 Å². The van der Waals surface area contributed by atoms with Crippen LogP contribution in [0.2, 0.25) is 10.0 Å². The van der Waals surface area contributed by atoms with Crippen LogP contribution in [0.25, 0.3) is 0 Å². The van der Waals surface area contributed by atoms with E-state index in [4.69, 9.17) is 28.9 Å². The van der Waals surface area contributed by atoms with Gasteiger partial charge in [-0.2, -0.15) is 0 Å². The summed E-state index contributed by atoms with van der Waals surface area (Å²) in [5, 5.41) is 0.592. The second-order valence-electron chi connectivity index (χ2n) is 5.62. The van der Waals surface area contributed by atoms with E-state index in [-0.39, 0.29) is 15.5 Å². The highest BCUT2D eigenvalue weighted by Crippen LogP contribution is 2.34. The predicted molar refractivity (Wildman–Crippen MR) is 84.5 cm³/mol. The number of anilines is 1. The van der Waals surface area contributed by atoms with Crippen molar-refractivity contribution in [2.75, 3.05) is 5.73 Å². The number of hydrogen-bond donors (Lipinski definition) is 1. The van der Waals surface area contributed by atoms with E-state index in [0.29, 0.717) is 11.6 Å². The van der Waals surface area contributed by atoms with Crippen LogP contribution in [0.1, 0.15) is 36.9 Å². The van der Waals surface area contributed by atoms with Crippen LogP contribution >= 0.6 is 34.5 Å². The highest BCUT2D eigenvalue weighted by atomic mass is 35.5. The average Bonchev–Trinajstić information content (AvgIpc) is 2.67. The molecule has 20 heavy (non-hydrogen) atoms. The van der Waals surface area contributed by atoms with Gasteiger partial charge in [-0.1, -0.05) is 44.0 Å². The number of hydrogen-bond acceptors (Lipinski definition) is 3. The summed E-state index contributed by atoms with van der Waals surface area (Å²) < 4.78 is 13.4. The fourth-order valence-corrected chi connectivity index (χ4v) is 3.58. The van der Waals surface area contributed by atoms with Crippen LogP contribution in [-0.4, -0.2) is 4.98 Å². The number of rotatable bonds is 2. The Morgan fingerprint density at radius 1 is 1.25 bits per heavy atom. The quantitative estimate of drug-likeness (QED) is 0.780. The van der Waals surface area contributed by atoms with Gasteiger partial charge >= 0.3 is 0 Å². The Bertz CT molecular complexity index is 624. The predicted octanol–water partition coefficient (Wildman–Crippen LogP) is 5.06. The van der Waals surface area contributed by atoms with Gasteiger partial charge in [0, 0.05) is 16.7 Å². The van der Waals surface area contributed by atoms with Crippen molar-refractivity contribution in [1.82, 2.24) is 4.98 Å². The summed E-state index contributed by atoms with van der Waals surface area (Å²) in [5.41, 5.74) is 7.51. The van der Waals surface area contributed by atoms with Crippen LogP contribution in [0.15, 0.2) is 12.1 Å². The molecule has 0 radical (unpaired) electrons. The minimum atomic E-state index is -0.586. The lowest BCUT2D eigenvalue weighted by Crippen LogP contribution is -2.14. The Morgan fingerprint density at radius 3 is 2.30 bits per heavy atom. The minimum Gasteiger partial charge on any atom is -0.375 e. The van der Waals surface area contributed by atoms with Crippen molar-refractivity contribution < 1.29 is 4.39 Å². The molecule has 2 nitrogen and oxygen atoms in total. The third-order valence-corrected chi connectivity index (χ3v) is 4.27. The maximum atomic E-state index is 13.4. The lowest BCUT2D eigenvalue weighted by atomic mass is 9.90. The number of nitrogens with two attached hydrogens (primary N) is 1. The molecule has 2 aromatic rings. The first-order valence-corrected chi connectivity index (χ1v) is 7.65.